The zero-order chi connectivity index (χ0) is 13.1. The average Bonchev–Trinajstić information content (AvgIpc) is 2.41. The van der Waals surface area contributed by atoms with Crippen molar-refractivity contribution in [2.24, 2.45) is 0 Å². The standard InChI is InChI=1S/C15H14BrClO/c1-10-9-12(5-8-14(10)16)15(17)11-3-6-13(18-2)7-4-11/h3-9,15H,1-2H3. The number of aryl methyl sites for hydroxylation is 1. The molecule has 0 N–H and O–H groups in total. The quantitative estimate of drug-likeness (QED) is 0.714. The first-order valence-electron chi connectivity index (χ1n) is 5.66. The van der Waals surface area contributed by atoms with E-state index in [-0.39, 0.29) is 5.38 Å². The molecule has 18 heavy (non-hydrogen) atoms. The number of hydrogen-bond donors (Lipinski definition) is 0. The second-order valence-electron chi connectivity index (χ2n) is 4.14. The van der Waals surface area contributed by atoms with Gasteiger partial charge >= 0.3 is 0 Å². The Labute approximate surface area is 121 Å². The monoisotopic (exact) mass is 324 g/mol. The molecule has 0 heterocycles. The molecule has 0 bridgehead atoms. The normalized spacial score (nSPS) is 12.2. The molecule has 0 aliphatic carbocycles. The van der Waals surface area contributed by atoms with Gasteiger partial charge in [-0.15, -0.1) is 11.6 Å². The molecule has 2 rings (SSSR count). The van der Waals surface area contributed by atoms with Gasteiger partial charge in [0.15, 0.2) is 0 Å². The van der Waals surface area contributed by atoms with Gasteiger partial charge in [0, 0.05) is 4.47 Å². The highest BCUT2D eigenvalue weighted by Crippen LogP contribution is 2.31. The Kier molecular flexibility index (Phi) is 4.31. The molecule has 0 fully saturated rings. The summed E-state index contributed by atoms with van der Waals surface area (Å²) in [6.07, 6.45) is 0. The molecule has 0 aromatic heterocycles. The number of ether oxygens (including phenoxy) is 1. The van der Waals surface area contributed by atoms with E-state index in [9.17, 15) is 0 Å². The number of halogens is 2. The Hall–Kier alpha value is -0.990. The third kappa shape index (κ3) is 2.88. The molecule has 1 unspecified atom stereocenters. The van der Waals surface area contributed by atoms with E-state index in [1.54, 1.807) is 7.11 Å². The van der Waals surface area contributed by atoms with Gasteiger partial charge in [0.05, 0.1) is 12.5 Å². The van der Waals surface area contributed by atoms with E-state index < -0.39 is 0 Å². The van der Waals surface area contributed by atoms with Crippen molar-refractivity contribution in [3.63, 3.8) is 0 Å². The zero-order valence-corrected chi connectivity index (χ0v) is 12.6. The number of hydrogen-bond acceptors (Lipinski definition) is 1. The van der Waals surface area contributed by atoms with Crippen LogP contribution in [0, 0.1) is 6.92 Å². The number of alkyl halides is 1. The maximum Gasteiger partial charge on any atom is 0.118 e. The third-order valence-corrected chi connectivity index (χ3v) is 4.28. The highest BCUT2D eigenvalue weighted by atomic mass is 79.9. The van der Waals surface area contributed by atoms with E-state index in [0.717, 1.165) is 21.3 Å². The van der Waals surface area contributed by atoms with E-state index in [1.165, 1.54) is 5.56 Å². The molecule has 1 nitrogen and oxygen atoms in total. The number of benzene rings is 2. The molecule has 0 aliphatic heterocycles. The highest BCUT2D eigenvalue weighted by molar-refractivity contribution is 9.10. The fourth-order valence-corrected chi connectivity index (χ4v) is 2.32. The smallest absolute Gasteiger partial charge is 0.118 e. The molecule has 0 amide bonds. The molecule has 1 atom stereocenters. The average molecular weight is 326 g/mol. The summed E-state index contributed by atoms with van der Waals surface area (Å²) in [5.41, 5.74) is 3.35. The molecular weight excluding hydrogens is 312 g/mol. The van der Waals surface area contributed by atoms with Gasteiger partial charge in [0.1, 0.15) is 5.75 Å². The van der Waals surface area contributed by atoms with Crippen molar-refractivity contribution >= 4 is 27.5 Å². The summed E-state index contributed by atoms with van der Waals surface area (Å²) in [7, 11) is 1.66. The Morgan fingerprint density at radius 3 is 2.22 bits per heavy atom. The van der Waals surface area contributed by atoms with Crippen LogP contribution in [0.5, 0.6) is 5.75 Å². The van der Waals surface area contributed by atoms with Crippen molar-refractivity contribution in [2.75, 3.05) is 7.11 Å². The summed E-state index contributed by atoms with van der Waals surface area (Å²) in [5.74, 6) is 0.842. The topological polar surface area (TPSA) is 9.23 Å². The highest BCUT2D eigenvalue weighted by Gasteiger charge is 2.11. The molecule has 94 valence electrons. The van der Waals surface area contributed by atoms with Gasteiger partial charge in [-0.2, -0.15) is 0 Å². The minimum Gasteiger partial charge on any atom is -0.497 e. The lowest BCUT2D eigenvalue weighted by Crippen LogP contribution is -1.94. The van der Waals surface area contributed by atoms with Crippen LogP contribution in [-0.4, -0.2) is 7.11 Å². The van der Waals surface area contributed by atoms with Gasteiger partial charge in [-0.3, -0.25) is 0 Å². The number of rotatable bonds is 3. The van der Waals surface area contributed by atoms with E-state index in [4.69, 9.17) is 16.3 Å². The van der Waals surface area contributed by atoms with Gasteiger partial charge < -0.3 is 4.74 Å². The van der Waals surface area contributed by atoms with Crippen LogP contribution in [0.4, 0.5) is 0 Å². The van der Waals surface area contributed by atoms with Crippen molar-refractivity contribution in [1.82, 2.24) is 0 Å². The Morgan fingerprint density at radius 1 is 1.06 bits per heavy atom. The summed E-state index contributed by atoms with van der Waals surface area (Å²) in [6, 6.07) is 14.0. The third-order valence-electron chi connectivity index (χ3n) is 2.88. The fraction of sp³-hybridized carbons (Fsp3) is 0.200. The molecule has 0 spiro atoms. The summed E-state index contributed by atoms with van der Waals surface area (Å²) in [6.45, 7) is 2.06. The maximum atomic E-state index is 6.50. The Balaban J connectivity index is 2.28. The van der Waals surface area contributed by atoms with Gasteiger partial charge in [0.2, 0.25) is 0 Å². The van der Waals surface area contributed by atoms with Crippen LogP contribution in [0.3, 0.4) is 0 Å². The fourth-order valence-electron chi connectivity index (χ4n) is 1.79. The van der Waals surface area contributed by atoms with Crippen LogP contribution < -0.4 is 4.74 Å². The first kappa shape index (κ1) is 13.4. The van der Waals surface area contributed by atoms with E-state index >= 15 is 0 Å². The van der Waals surface area contributed by atoms with Crippen LogP contribution in [0.25, 0.3) is 0 Å². The molecular formula is C15H14BrClO. The molecule has 0 aliphatic rings. The number of methoxy groups -OCH3 is 1. The van der Waals surface area contributed by atoms with Crippen molar-refractivity contribution in [3.8, 4) is 5.75 Å². The van der Waals surface area contributed by atoms with Crippen LogP contribution in [-0.2, 0) is 0 Å². The molecule has 0 saturated heterocycles. The van der Waals surface area contributed by atoms with Crippen molar-refractivity contribution < 1.29 is 4.74 Å². The lowest BCUT2D eigenvalue weighted by atomic mass is 10.0. The molecule has 0 saturated carbocycles. The second-order valence-corrected chi connectivity index (χ2v) is 5.44. The Morgan fingerprint density at radius 2 is 1.67 bits per heavy atom. The molecule has 2 aromatic carbocycles. The van der Waals surface area contributed by atoms with Crippen molar-refractivity contribution in [2.45, 2.75) is 12.3 Å². The SMILES string of the molecule is COc1ccc(C(Cl)c2ccc(Br)c(C)c2)cc1. The Bertz CT molecular complexity index is 537. The van der Waals surface area contributed by atoms with Crippen LogP contribution in [0.15, 0.2) is 46.9 Å². The van der Waals surface area contributed by atoms with Crippen molar-refractivity contribution in [3.05, 3.63) is 63.6 Å². The zero-order valence-electron chi connectivity index (χ0n) is 10.3. The first-order chi connectivity index (χ1) is 8.61. The summed E-state index contributed by atoms with van der Waals surface area (Å²) >= 11 is 9.99. The summed E-state index contributed by atoms with van der Waals surface area (Å²) in [4.78, 5) is 0. The summed E-state index contributed by atoms with van der Waals surface area (Å²) in [5, 5.41) is -0.136. The van der Waals surface area contributed by atoms with Crippen LogP contribution in [0.1, 0.15) is 22.1 Å². The van der Waals surface area contributed by atoms with Gasteiger partial charge in [-0.25, -0.2) is 0 Å². The van der Waals surface area contributed by atoms with Gasteiger partial charge in [-0.05, 0) is 41.8 Å². The minimum atomic E-state index is -0.136. The largest absolute Gasteiger partial charge is 0.497 e. The lowest BCUT2D eigenvalue weighted by Gasteiger charge is -2.12. The molecule has 2 aromatic rings. The summed E-state index contributed by atoms with van der Waals surface area (Å²) < 4.78 is 6.24. The maximum absolute atomic E-state index is 6.50. The predicted octanol–water partition coefficient (Wildman–Crippen LogP) is 5.09. The second kappa shape index (κ2) is 5.77. The molecule has 0 radical (unpaired) electrons. The van der Waals surface area contributed by atoms with Crippen molar-refractivity contribution in [1.29, 1.82) is 0 Å². The van der Waals surface area contributed by atoms with Crippen LogP contribution >= 0.6 is 27.5 Å². The lowest BCUT2D eigenvalue weighted by molar-refractivity contribution is 0.414. The van der Waals surface area contributed by atoms with E-state index in [2.05, 4.69) is 28.9 Å². The van der Waals surface area contributed by atoms with Gasteiger partial charge in [0.25, 0.3) is 0 Å². The van der Waals surface area contributed by atoms with Gasteiger partial charge in [-0.1, -0.05) is 40.2 Å². The minimum absolute atomic E-state index is 0.136. The molecule has 3 heteroatoms. The van der Waals surface area contributed by atoms with E-state index in [0.29, 0.717) is 0 Å². The van der Waals surface area contributed by atoms with E-state index in [1.807, 2.05) is 36.4 Å². The predicted molar refractivity (Wildman–Crippen MR) is 79.6 cm³/mol. The first-order valence-corrected chi connectivity index (χ1v) is 6.89. The van der Waals surface area contributed by atoms with Crippen LogP contribution in [0.2, 0.25) is 0 Å².